The van der Waals surface area contributed by atoms with Gasteiger partial charge in [0.1, 0.15) is 6.61 Å². The third kappa shape index (κ3) is 3.45. The zero-order valence-electron chi connectivity index (χ0n) is 5.07. The van der Waals surface area contributed by atoms with E-state index in [-0.39, 0.29) is 12.3 Å². The molecule has 0 aromatic carbocycles. The van der Waals surface area contributed by atoms with Crippen LogP contribution in [0.15, 0.2) is 5.11 Å². The van der Waals surface area contributed by atoms with Crippen molar-refractivity contribution in [1.29, 1.82) is 0 Å². The second-order valence-electron chi connectivity index (χ2n) is 1.51. The van der Waals surface area contributed by atoms with E-state index in [1.54, 1.807) is 0 Å². The molecule has 0 rings (SSSR count). The molecule has 0 saturated carbocycles. The minimum absolute atomic E-state index is 0.0376. The summed E-state index contributed by atoms with van der Waals surface area (Å²) in [5.41, 5.74) is 7.83. The zero-order valence-corrected chi connectivity index (χ0v) is 6.65. The number of alkyl halides is 1. The third-order valence-corrected chi connectivity index (χ3v) is 1.61. The molecule has 0 heterocycles. The zero-order chi connectivity index (χ0) is 7.98. The van der Waals surface area contributed by atoms with E-state index >= 15 is 0 Å². The Balaban J connectivity index is 3.72. The molecule has 0 aromatic heterocycles. The van der Waals surface area contributed by atoms with Gasteiger partial charge in [-0.15, -0.1) is 0 Å². The van der Waals surface area contributed by atoms with Gasteiger partial charge in [0.25, 0.3) is 0 Å². The fourth-order valence-corrected chi connectivity index (χ4v) is 0.583. The molecule has 0 aliphatic rings. The normalized spacial score (nSPS) is 11.8. The topological polar surface area (TPSA) is 86.1 Å². The summed E-state index contributed by atoms with van der Waals surface area (Å²) in [4.78, 5) is 12.4. The first kappa shape index (κ1) is 9.42. The summed E-state index contributed by atoms with van der Waals surface area (Å²) in [5.74, 6) is -0.382. The van der Waals surface area contributed by atoms with Crippen molar-refractivity contribution in [2.75, 3.05) is 13.2 Å². The van der Waals surface area contributed by atoms with Gasteiger partial charge in [0.15, 0.2) is 5.78 Å². The van der Waals surface area contributed by atoms with Gasteiger partial charge in [0, 0.05) is 11.5 Å². The summed E-state index contributed by atoms with van der Waals surface area (Å²) in [6.07, 6.45) is 0. The lowest BCUT2D eigenvalue weighted by Crippen LogP contribution is -2.19. The van der Waals surface area contributed by atoms with E-state index in [9.17, 15) is 4.79 Å². The van der Waals surface area contributed by atoms with Crippen molar-refractivity contribution in [3.8, 4) is 0 Å². The van der Waals surface area contributed by atoms with Crippen molar-refractivity contribution < 1.29 is 9.90 Å². The van der Waals surface area contributed by atoms with Crippen LogP contribution in [0.3, 0.4) is 0 Å². The molecule has 0 aliphatic carbocycles. The van der Waals surface area contributed by atoms with Crippen LogP contribution in [0.1, 0.15) is 0 Å². The molecule has 6 heteroatoms. The monoisotopic (exact) mass is 207 g/mol. The summed E-state index contributed by atoms with van der Waals surface area (Å²) < 4.78 is 0. The third-order valence-electron chi connectivity index (χ3n) is 0.810. The maximum absolute atomic E-state index is 10.5. The lowest BCUT2D eigenvalue weighted by atomic mass is 10.3. The molecule has 0 bridgehead atoms. The van der Waals surface area contributed by atoms with Crippen LogP contribution in [0, 0.1) is 0 Å². The fourth-order valence-electron chi connectivity index (χ4n) is 0.309. The van der Waals surface area contributed by atoms with Crippen LogP contribution in [0.25, 0.3) is 10.4 Å². The van der Waals surface area contributed by atoms with Gasteiger partial charge in [-0.3, -0.25) is 4.79 Å². The van der Waals surface area contributed by atoms with Crippen molar-refractivity contribution >= 4 is 21.7 Å². The van der Waals surface area contributed by atoms with Gasteiger partial charge >= 0.3 is 0 Å². The van der Waals surface area contributed by atoms with E-state index in [1.165, 1.54) is 0 Å². The Morgan fingerprint density at radius 3 is 2.90 bits per heavy atom. The molecule has 0 spiro atoms. The van der Waals surface area contributed by atoms with Crippen LogP contribution in [0.2, 0.25) is 0 Å². The highest BCUT2D eigenvalue weighted by Gasteiger charge is 2.11. The molecule has 1 unspecified atom stereocenters. The largest absolute Gasteiger partial charge is 0.389 e. The molecule has 0 aliphatic heterocycles. The summed E-state index contributed by atoms with van der Waals surface area (Å²) in [6.45, 7) is -0.493. The molecular formula is C4H6BrN3O2. The number of halogens is 1. The molecule has 10 heavy (non-hydrogen) atoms. The molecule has 1 atom stereocenters. The molecule has 5 nitrogen and oxygen atoms in total. The number of hydrogen-bond acceptors (Lipinski definition) is 3. The minimum Gasteiger partial charge on any atom is -0.389 e. The van der Waals surface area contributed by atoms with E-state index < -0.39 is 11.4 Å². The summed E-state index contributed by atoms with van der Waals surface area (Å²) in [7, 11) is 0. The number of azide groups is 1. The van der Waals surface area contributed by atoms with E-state index in [4.69, 9.17) is 10.6 Å². The van der Waals surface area contributed by atoms with Crippen molar-refractivity contribution in [1.82, 2.24) is 0 Å². The Labute approximate surface area is 65.8 Å². The van der Waals surface area contributed by atoms with Crippen molar-refractivity contribution in [2.24, 2.45) is 5.11 Å². The Hall–Kier alpha value is -0.580. The van der Waals surface area contributed by atoms with Crippen molar-refractivity contribution in [3.63, 3.8) is 0 Å². The summed E-state index contributed by atoms with van der Waals surface area (Å²) in [6, 6.07) is 0. The maximum atomic E-state index is 10.5. The van der Waals surface area contributed by atoms with E-state index in [0.29, 0.717) is 0 Å². The fraction of sp³-hybridized carbons (Fsp3) is 0.750. The maximum Gasteiger partial charge on any atom is 0.171 e. The number of ketones is 1. The van der Waals surface area contributed by atoms with Gasteiger partial charge in [0.2, 0.25) is 0 Å². The molecule has 0 fully saturated rings. The number of nitrogens with zero attached hydrogens (tertiary/aromatic N) is 3. The predicted octanol–water partition coefficient (Wildman–Crippen LogP) is 0.622. The molecule has 56 valence electrons. The van der Waals surface area contributed by atoms with Crippen LogP contribution in [0.4, 0.5) is 0 Å². The number of aliphatic hydroxyl groups is 1. The first-order valence-electron chi connectivity index (χ1n) is 2.51. The molecule has 0 saturated heterocycles. The highest BCUT2D eigenvalue weighted by atomic mass is 79.9. The molecule has 0 amide bonds. The number of rotatable bonds is 4. The van der Waals surface area contributed by atoms with Crippen molar-refractivity contribution in [2.45, 2.75) is 4.83 Å². The molecular weight excluding hydrogens is 202 g/mol. The average Bonchev–Trinajstić information content (AvgIpc) is 1.98. The Kier molecular flexibility index (Phi) is 4.92. The lowest BCUT2D eigenvalue weighted by Gasteiger charge is -1.99. The number of hydrogen-bond donors (Lipinski definition) is 1. The van der Waals surface area contributed by atoms with Crippen LogP contribution in [-0.4, -0.2) is 28.9 Å². The first-order valence-corrected chi connectivity index (χ1v) is 3.42. The van der Waals surface area contributed by atoms with Crippen molar-refractivity contribution in [3.05, 3.63) is 10.4 Å². The van der Waals surface area contributed by atoms with Crippen LogP contribution in [0.5, 0.6) is 0 Å². The van der Waals surface area contributed by atoms with Gasteiger partial charge in [-0.1, -0.05) is 21.0 Å². The SMILES string of the molecule is [N-]=[N+]=NCC(Br)C(=O)CO. The minimum atomic E-state index is -0.562. The molecule has 1 N–H and O–H groups in total. The molecule has 0 radical (unpaired) electrons. The summed E-state index contributed by atoms with van der Waals surface area (Å²) >= 11 is 2.93. The van der Waals surface area contributed by atoms with Crippen LogP contribution >= 0.6 is 15.9 Å². The Morgan fingerprint density at radius 2 is 2.50 bits per heavy atom. The second kappa shape index (κ2) is 5.22. The average molecular weight is 208 g/mol. The van der Waals surface area contributed by atoms with Gasteiger partial charge in [-0.2, -0.15) is 0 Å². The predicted molar refractivity (Wildman–Crippen MR) is 38.8 cm³/mol. The van der Waals surface area contributed by atoms with E-state index in [2.05, 4.69) is 26.0 Å². The second-order valence-corrected chi connectivity index (χ2v) is 2.61. The Morgan fingerprint density at radius 1 is 1.90 bits per heavy atom. The highest BCUT2D eigenvalue weighted by molar-refractivity contribution is 9.10. The summed E-state index contributed by atoms with van der Waals surface area (Å²) in [5, 5.41) is 11.4. The number of carbonyl (C=O) groups excluding carboxylic acids is 1. The first-order chi connectivity index (χ1) is 4.72. The van der Waals surface area contributed by atoms with Gasteiger partial charge in [-0.05, 0) is 5.53 Å². The van der Waals surface area contributed by atoms with E-state index in [1.807, 2.05) is 0 Å². The highest BCUT2D eigenvalue weighted by Crippen LogP contribution is 2.00. The van der Waals surface area contributed by atoms with Crippen LogP contribution in [-0.2, 0) is 4.79 Å². The van der Waals surface area contributed by atoms with Gasteiger partial charge in [0.05, 0.1) is 4.83 Å². The number of Topliss-reactive ketones (excluding diaryl/α,β-unsaturated/α-hetero) is 1. The number of carbonyl (C=O) groups is 1. The smallest absolute Gasteiger partial charge is 0.171 e. The Bertz CT molecular complexity index is 166. The van der Waals surface area contributed by atoms with Gasteiger partial charge < -0.3 is 5.11 Å². The van der Waals surface area contributed by atoms with Gasteiger partial charge in [-0.25, -0.2) is 0 Å². The lowest BCUT2D eigenvalue weighted by molar-refractivity contribution is -0.120. The quantitative estimate of drug-likeness (QED) is 0.317. The van der Waals surface area contributed by atoms with E-state index in [0.717, 1.165) is 0 Å². The van der Waals surface area contributed by atoms with Crippen LogP contribution < -0.4 is 0 Å². The number of aliphatic hydroxyl groups excluding tert-OH is 1. The molecule has 0 aromatic rings. The standard InChI is InChI=1S/C4H6BrN3O2/c5-3(1-7-8-6)4(10)2-9/h3,9H,1-2H2.